The number of nitrogens with two attached hydrogens (primary N) is 1. The van der Waals surface area contributed by atoms with Gasteiger partial charge in [0.15, 0.2) is 0 Å². The Labute approximate surface area is 99.3 Å². The Kier molecular flexibility index (Phi) is 5.07. The molecule has 0 aromatic rings. The van der Waals surface area contributed by atoms with E-state index < -0.39 is 0 Å². The molecular formula is C13H26N2O. The smallest absolute Gasteiger partial charge is 0.0469 e. The predicted octanol–water partition coefficient (Wildman–Crippen LogP) is 1.62. The minimum atomic E-state index is 0.613. The van der Waals surface area contributed by atoms with Gasteiger partial charge in [0.1, 0.15) is 0 Å². The van der Waals surface area contributed by atoms with Gasteiger partial charge in [-0.2, -0.15) is 0 Å². The quantitative estimate of drug-likeness (QED) is 0.794. The summed E-state index contributed by atoms with van der Waals surface area (Å²) in [6.45, 7) is 5.23. The van der Waals surface area contributed by atoms with Gasteiger partial charge in [-0.05, 0) is 44.7 Å². The van der Waals surface area contributed by atoms with E-state index in [0.717, 1.165) is 25.7 Å². The molecule has 0 aromatic heterocycles. The highest BCUT2D eigenvalue weighted by molar-refractivity contribution is 4.83. The minimum Gasteiger partial charge on any atom is -0.381 e. The van der Waals surface area contributed by atoms with Crippen molar-refractivity contribution in [3.05, 3.63) is 0 Å². The van der Waals surface area contributed by atoms with Crippen LogP contribution in [0.4, 0.5) is 0 Å². The van der Waals surface area contributed by atoms with E-state index in [0.29, 0.717) is 6.04 Å². The number of hydrogen-bond donors (Lipinski definition) is 1. The molecule has 0 saturated carbocycles. The molecule has 0 spiro atoms. The molecule has 94 valence electrons. The summed E-state index contributed by atoms with van der Waals surface area (Å²) in [4.78, 5) is 2.66. The SMILES string of the molecule is NCC(C1CCOCC1)N1CCCCCC1. The summed E-state index contributed by atoms with van der Waals surface area (Å²) in [5.41, 5.74) is 6.00. The van der Waals surface area contributed by atoms with Crippen LogP contribution in [-0.2, 0) is 4.74 Å². The number of hydrogen-bond acceptors (Lipinski definition) is 3. The molecule has 0 bridgehead atoms. The zero-order valence-electron chi connectivity index (χ0n) is 10.4. The van der Waals surface area contributed by atoms with Gasteiger partial charge in [-0.3, -0.25) is 4.90 Å². The van der Waals surface area contributed by atoms with Crippen LogP contribution in [-0.4, -0.2) is 43.8 Å². The summed E-state index contributed by atoms with van der Waals surface area (Å²) in [5.74, 6) is 0.775. The summed E-state index contributed by atoms with van der Waals surface area (Å²) >= 11 is 0. The third-order valence-electron chi connectivity index (χ3n) is 4.16. The largest absolute Gasteiger partial charge is 0.381 e. The molecule has 0 radical (unpaired) electrons. The first-order valence-corrected chi connectivity index (χ1v) is 6.93. The highest BCUT2D eigenvalue weighted by atomic mass is 16.5. The Morgan fingerprint density at radius 1 is 1.06 bits per heavy atom. The van der Waals surface area contributed by atoms with Gasteiger partial charge in [-0.1, -0.05) is 12.8 Å². The highest BCUT2D eigenvalue weighted by Crippen LogP contribution is 2.24. The first-order chi connectivity index (χ1) is 7.92. The number of rotatable bonds is 3. The van der Waals surface area contributed by atoms with Crippen molar-refractivity contribution in [2.45, 2.75) is 44.6 Å². The molecular weight excluding hydrogens is 200 g/mol. The topological polar surface area (TPSA) is 38.5 Å². The zero-order chi connectivity index (χ0) is 11.2. The average molecular weight is 226 g/mol. The van der Waals surface area contributed by atoms with Crippen molar-refractivity contribution in [3.8, 4) is 0 Å². The van der Waals surface area contributed by atoms with Crippen LogP contribution in [0.1, 0.15) is 38.5 Å². The fraction of sp³-hybridized carbons (Fsp3) is 1.00. The summed E-state index contributed by atoms with van der Waals surface area (Å²) in [6.07, 6.45) is 7.94. The molecule has 2 aliphatic heterocycles. The van der Waals surface area contributed by atoms with Crippen LogP contribution in [0.15, 0.2) is 0 Å². The predicted molar refractivity (Wildman–Crippen MR) is 66.4 cm³/mol. The van der Waals surface area contributed by atoms with E-state index in [9.17, 15) is 0 Å². The average Bonchev–Trinajstić information content (AvgIpc) is 2.61. The second-order valence-corrected chi connectivity index (χ2v) is 5.20. The maximum atomic E-state index is 6.00. The van der Waals surface area contributed by atoms with Gasteiger partial charge < -0.3 is 10.5 Å². The lowest BCUT2D eigenvalue weighted by Gasteiger charge is -2.37. The molecule has 1 unspecified atom stereocenters. The molecule has 3 nitrogen and oxygen atoms in total. The fourth-order valence-corrected chi connectivity index (χ4v) is 3.17. The van der Waals surface area contributed by atoms with Crippen molar-refractivity contribution < 1.29 is 4.74 Å². The van der Waals surface area contributed by atoms with Crippen LogP contribution in [0.3, 0.4) is 0 Å². The second-order valence-electron chi connectivity index (χ2n) is 5.20. The Balaban J connectivity index is 1.90. The number of nitrogens with zero attached hydrogens (tertiary/aromatic N) is 1. The molecule has 1 atom stereocenters. The van der Waals surface area contributed by atoms with Crippen LogP contribution >= 0.6 is 0 Å². The minimum absolute atomic E-state index is 0.613. The zero-order valence-corrected chi connectivity index (χ0v) is 10.4. The first kappa shape index (κ1) is 12.3. The number of ether oxygens (including phenoxy) is 1. The molecule has 3 heteroatoms. The lowest BCUT2D eigenvalue weighted by molar-refractivity contribution is 0.0284. The van der Waals surface area contributed by atoms with Crippen molar-refractivity contribution in [2.24, 2.45) is 11.7 Å². The van der Waals surface area contributed by atoms with Gasteiger partial charge in [0.05, 0.1) is 0 Å². The van der Waals surface area contributed by atoms with Gasteiger partial charge >= 0.3 is 0 Å². The third kappa shape index (κ3) is 3.19. The van der Waals surface area contributed by atoms with Gasteiger partial charge in [0, 0.05) is 25.8 Å². The van der Waals surface area contributed by atoms with E-state index in [1.165, 1.54) is 51.6 Å². The molecule has 2 aliphatic rings. The molecule has 16 heavy (non-hydrogen) atoms. The van der Waals surface area contributed by atoms with Gasteiger partial charge in [0.25, 0.3) is 0 Å². The van der Waals surface area contributed by atoms with Gasteiger partial charge in [-0.25, -0.2) is 0 Å². The third-order valence-corrected chi connectivity index (χ3v) is 4.16. The maximum absolute atomic E-state index is 6.00. The summed E-state index contributed by atoms with van der Waals surface area (Å²) in [5, 5.41) is 0. The van der Waals surface area contributed by atoms with Crippen LogP contribution in [0, 0.1) is 5.92 Å². The van der Waals surface area contributed by atoms with Gasteiger partial charge in [-0.15, -0.1) is 0 Å². The lowest BCUT2D eigenvalue weighted by atomic mass is 9.90. The Morgan fingerprint density at radius 2 is 1.69 bits per heavy atom. The monoisotopic (exact) mass is 226 g/mol. The standard InChI is InChI=1S/C13H26N2O/c14-11-13(12-5-9-16-10-6-12)15-7-3-1-2-4-8-15/h12-13H,1-11,14H2. The lowest BCUT2D eigenvalue weighted by Crippen LogP contribution is -2.47. The van der Waals surface area contributed by atoms with Crippen molar-refractivity contribution in [1.82, 2.24) is 4.90 Å². The molecule has 0 amide bonds. The van der Waals surface area contributed by atoms with Crippen LogP contribution < -0.4 is 5.73 Å². The van der Waals surface area contributed by atoms with Crippen LogP contribution in [0.2, 0.25) is 0 Å². The molecule has 2 N–H and O–H groups in total. The summed E-state index contributed by atoms with van der Waals surface area (Å²) in [6, 6.07) is 0.613. The van der Waals surface area contributed by atoms with E-state index in [2.05, 4.69) is 4.90 Å². The Morgan fingerprint density at radius 3 is 2.25 bits per heavy atom. The number of likely N-dealkylation sites (tertiary alicyclic amines) is 1. The van der Waals surface area contributed by atoms with Crippen molar-refractivity contribution in [2.75, 3.05) is 32.8 Å². The molecule has 2 saturated heterocycles. The van der Waals surface area contributed by atoms with Crippen LogP contribution in [0.25, 0.3) is 0 Å². The van der Waals surface area contributed by atoms with Crippen molar-refractivity contribution >= 4 is 0 Å². The Hall–Kier alpha value is -0.120. The highest BCUT2D eigenvalue weighted by Gasteiger charge is 2.28. The maximum Gasteiger partial charge on any atom is 0.0469 e. The molecule has 2 fully saturated rings. The van der Waals surface area contributed by atoms with Crippen molar-refractivity contribution in [1.29, 1.82) is 0 Å². The Bertz CT molecular complexity index is 184. The van der Waals surface area contributed by atoms with E-state index >= 15 is 0 Å². The molecule has 0 aromatic carbocycles. The summed E-state index contributed by atoms with van der Waals surface area (Å²) < 4.78 is 5.45. The molecule has 2 rings (SSSR count). The summed E-state index contributed by atoms with van der Waals surface area (Å²) in [7, 11) is 0. The fourth-order valence-electron chi connectivity index (χ4n) is 3.17. The van der Waals surface area contributed by atoms with E-state index in [1.54, 1.807) is 0 Å². The van der Waals surface area contributed by atoms with Crippen molar-refractivity contribution in [3.63, 3.8) is 0 Å². The molecule has 0 aliphatic carbocycles. The van der Waals surface area contributed by atoms with Crippen LogP contribution in [0.5, 0.6) is 0 Å². The van der Waals surface area contributed by atoms with E-state index in [1.807, 2.05) is 0 Å². The van der Waals surface area contributed by atoms with Gasteiger partial charge in [0.2, 0.25) is 0 Å². The van der Waals surface area contributed by atoms with E-state index in [-0.39, 0.29) is 0 Å². The second kappa shape index (κ2) is 6.58. The molecule has 2 heterocycles. The van der Waals surface area contributed by atoms with E-state index in [4.69, 9.17) is 10.5 Å². The normalized spacial score (nSPS) is 27.6. The first-order valence-electron chi connectivity index (χ1n) is 6.93.